The average molecular weight is 325 g/mol. The van der Waals surface area contributed by atoms with E-state index >= 15 is 0 Å². The molecule has 1 aromatic carbocycles. The number of carbonyl (C=O) groups is 1. The van der Waals surface area contributed by atoms with Crippen LogP contribution in [-0.2, 0) is 11.3 Å². The Morgan fingerprint density at radius 3 is 2.58 bits per heavy atom. The number of nitrogens with zero attached hydrogens (tertiary/aromatic N) is 2. The van der Waals surface area contributed by atoms with E-state index in [1.807, 2.05) is 25.2 Å². The van der Waals surface area contributed by atoms with Crippen molar-refractivity contribution in [2.45, 2.75) is 31.1 Å². The van der Waals surface area contributed by atoms with Gasteiger partial charge in [-0.15, -0.1) is 0 Å². The molecule has 5 nitrogen and oxygen atoms in total. The van der Waals surface area contributed by atoms with Crippen LogP contribution in [0.2, 0.25) is 0 Å². The van der Waals surface area contributed by atoms with Crippen LogP contribution in [0.5, 0.6) is 0 Å². The number of piperidine rings is 1. The maximum atomic E-state index is 12.7. The summed E-state index contributed by atoms with van der Waals surface area (Å²) in [6.45, 7) is 2.80. The molecule has 3 heterocycles. The van der Waals surface area contributed by atoms with Crippen LogP contribution in [-0.4, -0.2) is 41.4 Å². The highest BCUT2D eigenvalue weighted by molar-refractivity contribution is 5.89. The maximum Gasteiger partial charge on any atom is 0.242 e. The third kappa shape index (κ3) is 2.54. The molecule has 1 spiro atoms. The summed E-state index contributed by atoms with van der Waals surface area (Å²) >= 11 is 0. The van der Waals surface area contributed by atoms with Crippen molar-refractivity contribution in [2.24, 2.45) is 0 Å². The largest absolute Gasteiger partial charge is 0.466 e. The Morgan fingerprint density at radius 2 is 1.92 bits per heavy atom. The van der Waals surface area contributed by atoms with E-state index in [1.165, 1.54) is 5.56 Å². The summed E-state index contributed by atoms with van der Waals surface area (Å²) < 4.78 is 5.50. The summed E-state index contributed by atoms with van der Waals surface area (Å²) in [4.78, 5) is 17.3. The Kier molecular flexibility index (Phi) is 3.90. The Labute approximate surface area is 142 Å². The van der Waals surface area contributed by atoms with Gasteiger partial charge in [0.25, 0.3) is 0 Å². The molecule has 0 unspecified atom stereocenters. The molecule has 5 heteroatoms. The number of hydrogen-bond acceptors (Lipinski definition) is 4. The van der Waals surface area contributed by atoms with Gasteiger partial charge >= 0.3 is 0 Å². The molecule has 0 saturated carbocycles. The van der Waals surface area contributed by atoms with Gasteiger partial charge < -0.3 is 9.73 Å². The predicted octanol–water partition coefficient (Wildman–Crippen LogP) is 2.37. The summed E-state index contributed by atoms with van der Waals surface area (Å²) in [5.41, 5.74) is 0.913. The van der Waals surface area contributed by atoms with E-state index in [4.69, 9.17) is 4.42 Å². The van der Waals surface area contributed by atoms with Gasteiger partial charge in [0.05, 0.1) is 6.26 Å². The van der Waals surface area contributed by atoms with Crippen LogP contribution in [0.4, 0.5) is 0 Å². The second-order valence-electron chi connectivity index (χ2n) is 6.80. The third-order valence-corrected chi connectivity index (χ3v) is 5.50. The van der Waals surface area contributed by atoms with Crippen molar-refractivity contribution in [1.82, 2.24) is 15.1 Å². The van der Waals surface area contributed by atoms with Crippen molar-refractivity contribution in [3.63, 3.8) is 0 Å². The molecule has 2 fully saturated rings. The third-order valence-electron chi connectivity index (χ3n) is 5.50. The van der Waals surface area contributed by atoms with E-state index < -0.39 is 5.54 Å². The molecule has 126 valence electrons. The molecule has 0 radical (unpaired) electrons. The molecule has 2 aliphatic heterocycles. The Balaban J connectivity index is 1.45. The summed E-state index contributed by atoms with van der Waals surface area (Å²) in [6.07, 6.45) is 3.19. The molecule has 4 rings (SSSR count). The standard InChI is InChI=1S/C19H23N3O2/c1-21-17(16-8-5-13-24-16)20-18(23)19(21)9-11-22(12-10-19)14-15-6-3-2-4-7-15/h2-8,13,17H,9-12,14H2,1H3,(H,20,23)/t17-/m0/s1. The molecule has 24 heavy (non-hydrogen) atoms. The second-order valence-corrected chi connectivity index (χ2v) is 6.80. The molecule has 2 saturated heterocycles. The van der Waals surface area contributed by atoms with E-state index in [-0.39, 0.29) is 12.1 Å². The highest BCUT2D eigenvalue weighted by Gasteiger charge is 2.53. The number of hydrogen-bond donors (Lipinski definition) is 1. The first-order valence-corrected chi connectivity index (χ1v) is 8.53. The lowest BCUT2D eigenvalue weighted by atomic mass is 9.86. The monoisotopic (exact) mass is 325 g/mol. The first-order chi connectivity index (χ1) is 11.7. The van der Waals surface area contributed by atoms with Gasteiger partial charge in [0.1, 0.15) is 17.5 Å². The van der Waals surface area contributed by atoms with Crippen molar-refractivity contribution in [3.05, 3.63) is 60.1 Å². The molecular formula is C19H23N3O2. The number of likely N-dealkylation sites (N-methyl/N-ethyl adjacent to an activating group) is 1. The minimum atomic E-state index is -0.412. The molecule has 1 N–H and O–H groups in total. The SMILES string of the molecule is CN1[C@@H](c2ccco2)NC(=O)C12CCN(Cc1ccccc1)CC2. The first kappa shape index (κ1) is 15.4. The molecular weight excluding hydrogens is 302 g/mol. The van der Waals surface area contributed by atoms with E-state index in [2.05, 4.69) is 39.4 Å². The minimum Gasteiger partial charge on any atom is -0.466 e. The predicted molar refractivity (Wildman–Crippen MR) is 91.0 cm³/mol. The Hall–Kier alpha value is -2.11. The Bertz CT molecular complexity index is 691. The van der Waals surface area contributed by atoms with E-state index in [1.54, 1.807) is 6.26 Å². The highest BCUT2D eigenvalue weighted by atomic mass is 16.3. The summed E-state index contributed by atoms with van der Waals surface area (Å²) in [6, 6.07) is 14.3. The van der Waals surface area contributed by atoms with Crippen LogP contribution >= 0.6 is 0 Å². The zero-order valence-corrected chi connectivity index (χ0v) is 13.9. The number of benzene rings is 1. The zero-order chi connectivity index (χ0) is 16.6. The molecule has 0 bridgehead atoms. The number of rotatable bonds is 3. The van der Waals surface area contributed by atoms with Gasteiger partial charge in [0.2, 0.25) is 5.91 Å². The molecule has 1 amide bonds. The smallest absolute Gasteiger partial charge is 0.242 e. The van der Waals surface area contributed by atoms with Gasteiger partial charge in [-0.2, -0.15) is 0 Å². The lowest BCUT2D eigenvalue weighted by Crippen LogP contribution is -2.54. The van der Waals surface area contributed by atoms with E-state index in [0.717, 1.165) is 38.2 Å². The summed E-state index contributed by atoms with van der Waals surface area (Å²) in [7, 11) is 2.03. The molecule has 1 aromatic heterocycles. The zero-order valence-electron chi connectivity index (χ0n) is 13.9. The number of nitrogens with one attached hydrogen (secondary N) is 1. The molecule has 1 atom stereocenters. The lowest BCUT2D eigenvalue weighted by Gasteiger charge is -2.42. The van der Waals surface area contributed by atoms with Gasteiger partial charge in [-0.05, 0) is 37.6 Å². The van der Waals surface area contributed by atoms with Crippen LogP contribution in [0.25, 0.3) is 0 Å². The van der Waals surface area contributed by atoms with Gasteiger partial charge in [-0.1, -0.05) is 30.3 Å². The van der Waals surface area contributed by atoms with Crippen molar-refractivity contribution in [1.29, 1.82) is 0 Å². The van der Waals surface area contributed by atoms with Crippen LogP contribution in [0.3, 0.4) is 0 Å². The van der Waals surface area contributed by atoms with Gasteiger partial charge in [-0.3, -0.25) is 14.6 Å². The fraction of sp³-hybridized carbons (Fsp3) is 0.421. The number of furan rings is 1. The molecule has 2 aliphatic rings. The molecule has 0 aliphatic carbocycles. The minimum absolute atomic E-state index is 0.130. The van der Waals surface area contributed by atoms with Crippen LogP contribution in [0.15, 0.2) is 53.1 Å². The van der Waals surface area contributed by atoms with E-state index in [9.17, 15) is 4.79 Å². The fourth-order valence-corrected chi connectivity index (χ4v) is 3.97. The lowest BCUT2D eigenvalue weighted by molar-refractivity contribution is -0.128. The van der Waals surface area contributed by atoms with Gasteiger partial charge in [0, 0.05) is 19.6 Å². The summed E-state index contributed by atoms with van der Waals surface area (Å²) in [5, 5.41) is 3.11. The Morgan fingerprint density at radius 1 is 1.17 bits per heavy atom. The fourth-order valence-electron chi connectivity index (χ4n) is 3.97. The quantitative estimate of drug-likeness (QED) is 0.941. The number of carbonyl (C=O) groups excluding carboxylic acids is 1. The average Bonchev–Trinajstić information content (AvgIpc) is 3.21. The second kappa shape index (κ2) is 6.07. The number of likely N-dealkylation sites (tertiary alicyclic amines) is 1. The van der Waals surface area contributed by atoms with Crippen LogP contribution in [0, 0.1) is 0 Å². The van der Waals surface area contributed by atoms with Crippen LogP contribution in [0.1, 0.15) is 30.3 Å². The number of amides is 1. The van der Waals surface area contributed by atoms with Crippen molar-refractivity contribution >= 4 is 5.91 Å². The van der Waals surface area contributed by atoms with Gasteiger partial charge in [0.15, 0.2) is 0 Å². The maximum absolute atomic E-state index is 12.7. The van der Waals surface area contributed by atoms with Crippen molar-refractivity contribution < 1.29 is 9.21 Å². The summed E-state index contributed by atoms with van der Waals surface area (Å²) in [5.74, 6) is 0.931. The van der Waals surface area contributed by atoms with Crippen molar-refractivity contribution in [3.8, 4) is 0 Å². The first-order valence-electron chi connectivity index (χ1n) is 8.53. The van der Waals surface area contributed by atoms with Gasteiger partial charge in [-0.25, -0.2) is 0 Å². The van der Waals surface area contributed by atoms with Crippen molar-refractivity contribution in [2.75, 3.05) is 20.1 Å². The normalized spacial score (nSPS) is 24.4. The van der Waals surface area contributed by atoms with Crippen LogP contribution < -0.4 is 5.32 Å². The van der Waals surface area contributed by atoms with E-state index in [0.29, 0.717) is 0 Å². The topological polar surface area (TPSA) is 48.7 Å². The highest BCUT2D eigenvalue weighted by Crippen LogP contribution is 2.39. The molecule has 2 aromatic rings.